The molecule has 88 valence electrons. The van der Waals surface area contributed by atoms with E-state index in [0.717, 1.165) is 37.6 Å². The number of morpholine rings is 1. The molecule has 1 saturated heterocycles. The Morgan fingerprint density at radius 2 is 2.44 bits per heavy atom. The van der Waals surface area contributed by atoms with Gasteiger partial charge in [0.05, 0.1) is 24.6 Å². The lowest BCUT2D eigenvalue weighted by Crippen LogP contribution is -2.42. The van der Waals surface area contributed by atoms with Crippen LogP contribution in [0.25, 0.3) is 0 Å². The maximum Gasteiger partial charge on any atom is 0.147 e. The summed E-state index contributed by atoms with van der Waals surface area (Å²) in [7, 11) is 0. The van der Waals surface area contributed by atoms with Crippen LogP contribution in [0.4, 0.5) is 5.82 Å². The Balaban J connectivity index is 2.10. The molecule has 1 unspecified atom stereocenters. The van der Waals surface area contributed by atoms with Crippen LogP contribution in [-0.2, 0) is 11.3 Å². The predicted octanol–water partition coefficient (Wildman–Crippen LogP) is 0.550. The number of anilines is 1. The van der Waals surface area contributed by atoms with Gasteiger partial charge in [-0.05, 0) is 6.42 Å². The van der Waals surface area contributed by atoms with Crippen molar-refractivity contribution < 1.29 is 4.74 Å². The van der Waals surface area contributed by atoms with Crippen LogP contribution in [0.15, 0.2) is 12.4 Å². The van der Waals surface area contributed by atoms with Gasteiger partial charge in [0.15, 0.2) is 0 Å². The molecule has 0 aliphatic carbocycles. The second kappa shape index (κ2) is 5.23. The Labute approximate surface area is 95.6 Å². The van der Waals surface area contributed by atoms with Crippen LogP contribution in [0.3, 0.4) is 0 Å². The quantitative estimate of drug-likeness (QED) is 0.809. The van der Waals surface area contributed by atoms with Crippen molar-refractivity contribution in [2.24, 2.45) is 5.73 Å². The van der Waals surface area contributed by atoms with Crippen molar-refractivity contribution in [3.63, 3.8) is 0 Å². The molecule has 1 atom stereocenters. The van der Waals surface area contributed by atoms with Gasteiger partial charge in [-0.2, -0.15) is 0 Å². The van der Waals surface area contributed by atoms with Crippen molar-refractivity contribution >= 4 is 5.82 Å². The summed E-state index contributed by atoms with van der Waals surface area (Å²) in [4.78, 5) is 10.8. The second-order valence-corrected chi connectivity index (χ2v) is 3.92. The van der Waals surface area contributed by atoms with Crippen LogP contribution in [0.5, 0.6) is 0 Å². The molecule has 1 fully saturated rings. The largest absolute Gasteiger partial charge is 0.375 e. The topological polar surface area (TPSA) is 64.3 Å². The lowest BCUT2D eigenvalue weighted by Gasteiger charge is -2.33. The smallest absolute Gasteiger partial charge is 0.147 e. The minimum Gasteiger partial charge on any atom is -0.375 e. The lowest BCUT2D eigenvalue weighted by molar-refractivity contribution is 0.0381. The van der Waals surface area contributed by atoms with E-state index >= 15 is 0 Å². The van der Waals surface area contributed by atoms with Crippen LogP contribution in [-0.4, -0.2) is 35.8 Å². The number of hydrogen-bond donors (Lipinski definition) is 1. The van der Waals surface area contributed by atoms with Crippen LogP contribution in [0.2, 0.25) is 0 Å². The van der Waals surface area contributed by atoms with E-state index in [9.17, 15) is 0 Å². The first-order chi connectivity index (χ1) is 7.83. The Kier molecular flexibility index (Phi) is 3.69. The Morgan fingerprint density at radius 3 is 3.19 bits per heavy atom. The number of aromatic nitrogens is 2. The SMILES string of the molecule is CCC1CN(c2cncc(CN)n2)CCO1. The van der Waals surface area contributed by atoms with Gasteiger partial charge in [-0.25, -0.2) is 4.98 Å². The summed E-state index contributed by atoms with van der Waals surface area (Å²) in [5.74, 6) is 0.907. The fourth-order valence-electron chi connectivity index (χ4n) is 1.82. The maximum atomic E-state index is 5.62. The summed E-state index contributed by atoms with van der Waals surface area (Å²) < 4.78 is 5.62. The van der Waals surface area contributed by atoms with E-state index in [2.05, 4.69) is 21.8 Å². The minimum atomic E-state index is 0.303. The number of nitrogens with zero attached hydrogens (tertiary/aromatic N) is 3. The summed E-state index contributed by atoms with van der Waals surface area (Å²) in [6, 6.07) is 0. The van der Waals surface area contributed by atoms with E-state index in [1.54, 1.807) is 12.4 Å². The zero-order valence-corrected chi connectivity index (χ0v) is 9.59. The summed E-state index contributed by atoms with van der Waals surface area (Å²) >= 11 is 0. The van der Waals surface area contributed by atoms with Crippen molar-refractivity contribution in [1.29, 1.82) is 0 Å². The zero-order valence-electron chi connectivity index (χ0n) is 9.59. The molecule has 1 aromatic rings. The molecule has 2 N–H and O–H groups in total. The molecular formula is C11H18N4O. The number of hydrogen-bond acceptors (Lipinski definition) is 5. The summed E-state index contributed by atoms with van der Waals surface area (Å²) in [5, 5.41) is 0. The Bertz CT molecular complexity index is 345. The van der Waals surface area contributed by atoms with Gasteiger partial charge < -0.3 is 15.4 Å². The summed E-state index contributed by atoms with van der Waals surface area (Å²) in [6.07, 6.45) is 4.83. The molecule has 0 radical (unpaired) electrons. The van der Waals surface area contributed by atoms with Crippen LogP contribution >= 0.6 is 0 Å². The Hall–Kier alpha value is -1.20. The van der Waals surface area contributed by atoms with Gasteiger partial charge in [0.2, 0.25) is 0 Å². The first kappa shape index (κ1) is 11.3. The average molecular weight is 222 g/mol. The van der Waals surface area contributed by atoms with Gasteiger partial charge >= 0.3 is 0 Å². The van der Waals surface area contributed by atoms with E-state index in [0.29, 0.717) is 12.6 Å². The Morgan fingerprint density at radius 1 is 1.56 bits per heavy atom. The van der Waals surface area contributed by atoms with Crippen LogP contribution in [0.1, 0.15) is 19.0 Å². The minimum absolute atomic E-state index is 0.303. The zero-order chi connectivity index (χ0) is 11.4. The van der Waals surface area contributed by atoms with E-state index in [4.69, 9.17) is 10.5 Å². The third-order valence-electron chi connectivity index (χ3n) is 2.80. The van der Waals surface area contributed by atoms with E-state index in [1.165, 1.54) is 0 Å². The van der Waals surface area contributed by atoms with Gasteiger partial charge in [0.1, 0.15) is 5.82 Å². The molecule has 16 heavy (non-hydrogen) atoms. The van der Waals surface area contributed by atoms with Crippen molar-refractivity contribution in [3.8, 4) is 0 Å². The molecule has 5 heteroatoms. The third kappa shape index (κ3) is 2.48. The molecule has 1 aromatic heterocycles. The monoisotopic (exact) mass is 222 g/mol. The van der Waals surface area contributed by atoms with Crippen molar-refractivity contribution in [3.05, 3.63) is 18.1 Å². The van der Waals surface area contributed by atoms with Gasteiger partial charge in [-0.1, -0.05) is 6.92 Å². The first-order valence-corrected chi connectivity index (χ1v) is 5.71. The third-order valence-corrected chi connectivity index (χ3v) is 2.80. The molecule has 0 spiro atoms. The molecule has 5 nitrogen and oxygen atoms in total. The average Bonchev–Trinajstić information content (AvgIpc) is 2.39. The molecule has 1 aliphatic rings. The van der Waals surface area contributed by atoms with Gasteiger partial charge in [-0.3, -0.25) is 4.98 Å². The highest BCUT2D eigenvalue weighted by atomic mass is 16.5. The van der Waals surface area contributed by atoms with Crippen molar-refractivity contribution in [1.82, 2.24) is 9.97 Å². The molecule has 2 heterocycles. The number of rotatable bonds is 3. The molecular weight excluding hydrogens is 204 g/mol. The van der Waals surface area contributed by atoms with Crippen molar-refractivity contribution in [2.45, 2.75) is 26.0 Å². The number of ether oxygens (including phenoxy) is 1. The summed E-state index contributed by atoms with van der Waals surface area (Å²) in [5.41, 5.74) is 6.39. The van der Waals surface area contributed by atoms with E-state index in [-0.39, 0.29) is 0 Å². The molecule has 0 aromatic carbocycles. The number of nitrogens with two attached hydrogens (primary N) is 1. The van der Waals surface area contributed by atoms with Crippen molar-refractivity contribution in [2.75, 3.05) is 24.6 Å². The van der Waals surface area contributed by atoms with Gasteiger partial charge in [0.25, 0.3) is 0 Å². The highest BCUT2D eigenvalue weighted by Crippen LogP contribution is 2.15. The second-order valence-electron chi connectivity index (χ2n) is 3.92. The fraction of sp³-hybridized carbons (Fsp3) is 0.636. The van der Waals surface area contributed by atoms with E-state index < -0.39 is 0 Å². The normalized spacial score (nSPS) is 21.1. The standard InChI is InChI=1S/C11H18N4O/c1-2-10-8-15(3-4-16-10)11-7-13-6-9(5-12)14-11/h6-7,10H,2-5,8,12H2,1H3. The molecule has 0 amide bonds. The predicted molar refractivity (Wildman–Crippen MR) is 62.2 cm³/mol. The highest BCUT2D eigenvalue weighted by Gasteiger charge is 2.20. The van der Waals surface area contributed by atoms with Gasteiger partial charge in [-0.15, -0.1) is 0 Å². The molecule has 0 saturated carbocycles. The molecule has 2 rings (SSSR count). The fourth-order valence-corrected chi connectivity index (χ4v) is 1.82. The first-order valence-electron chi connectivity index (χ1n) is 5.71. The molecule has 1 aliphatic heterocycles. The van der Waals surface area contributed by atoms with Crippen LogP contribution < -0.4 is 10.6 Å². The lowest BCUT2D eigenvalue weighted by atomic mass is 10.2. The summed E-state index contributed by atoms with van der Waals surface area (Å²) in [6.45, 7) is 5.09. The molecule has 0 bridgehead atoms. The van der Waals surface area contributed by atoms with Crippen LogP contribution in [0, 0.1) is 0 Å². The van der Waals surface area contributed by atoms with E-state index in [1.807, 2.05) is 0 Å². The highest BCUT2D eigenvalue weighted by molar-refractivity contribution is 5.37. The van der Waals surface area contributed by atoms with Gasteiger partial charge in [0, 0.05) is 25.8 Å². The maximum absolute atomic E-state index is 5.62.